The van der Waals surface area contributed by atoms with Crippen molar-refractivity contribution in [1.29, 1.82) is 0 Å². The Hall–Kier alpha value is -3.87. The van der Waals surface area contributed by atoms with Crippen molar-refractivity contribution in [2.45, 2.75) is 0 Å². The topological polar surface area (TPSA) is 94.8 Å². The smallest absolute Gasteiger partial charge is 0.339 e. The van der Waals surface area contributed by atoms with E-state index in [4.69, 9.17) is 9.15 Å². The Balaban J connectivity index is 1.83. The molecule has 0 aliphatic rings. The molecule has 0 aliphatic carbocycles. The maximum absolute atomic E-state index is 12.3. The first-order valence-electron chi connectivity index (χ1n) is 8.30. The lowest BCUT2D eigenvalue weighted by Crippen LogP contribution is -2.14. The minimum Gasteiger partial charge on any atom is -0.465 e. The number of hydrogen-bond donors (Lipinski definition) is 1. The van der Waals surface area contributed by atoms with Gasteiger partial charge in [-0.2, -0.15) is 0 Å². The van der Waals surface area contributed by atoms with Gasteiger partial charge >= 0.3 is 11.9 Å². The fourth-order valence-corrected chi connectivity index (χ4v) is 2.60. The molecule has 0 fully saturated rings. The van der Waals surface area contributed by atoms with Crippen molar-refractivity contribution < 1.29 is 28.3 Å². The van der Waals surface area contributed by atoms with Gasteiger partial charge in [0.15, 0.2) is 0 Å². The molecule has 0 atom stereocenters. The number of furan rings is 1. The van der Waals surface area contributed by atoms with Gasteiger partial charge in [-0.05, 0) is 36.4 Å². The van der Waals surface area contributed by atoms with Gasteiger partial charge in [-0.1, -0.05) is 18.2 Å². The lowest BCUT2D eigenvalue weighted by Gasteiger charge is -2.10. The molecule has 0 spiro atoms. The number of nitrogens with one attached hydrogen (secondary N) is 1. The maximum Gasteiger partial charge on any atom is 0.339 e. The van der Waals surface area contributed by atoms with Crippen molar-refractivity contribution >= 4 is 40.6 Å². The summed E-state index contributed by atoms with van der Waals surface area (Å²) in [6.45, 7) is 0. The summed E-state index contributed by atoms with van der Waals surface area (Å²) in [5.74, 6) is -1.24. The van der Waals surface area contributed by atoms with Gasteiger partial charge < -0.3 is 19.2 Å². The number of anilines is 1. The number of methoxy groups -OCH3 is 2. The molecule has 2 aromatic carbocycles. The molecule has 0 radical (unpaired) electrons. The first kappa shape index (κ1) is 18.9. The zero-order valence-electron chi connectivity index (χ0n) is 15.2. The van der Waals surface area contributed by atoms with Crippen LogP contribution in [-0.2, 0) is 14.3 Å². The summed E-state index contributed by atoms with van der Waals surface area (Å²) in [4.78, 5) is 36.0. The molecule has 0 bridgehead atoms. The monoisotopic (exact) mass is 379 g/mol. The van der Waals surface area contributed by atoms with Crippen LogP contribution in [0.3, 0.4) is 0 Å². The highest BCUT2D eigenvalue weighted by Crippen LogP contribution is 2.21. The van der Waals surface area contributed by atoms with Crippen LogP contribution in [0.2, 0.25) is 0 Å². The second-order valence-electron chi connectivity index (χ2n) is 5.75. The number of amides is 1. The number of para-hydroxylation sites is 1. The predicted molar refractivity (Wildman–Crippen MR) is 103 cm³/mol. The molecule has 1 aromatic heterocycles. The van der Waals surface area contributed by atoms with E-state index in [-0.39, 0.29) is 16.8 Å². The lowest BCUT2D eigenvalue weighted by atomic mass is 10.1. The first-order chi connectivity index (χ1) is 13.5. The Kier molecular flexibility index (Phi) is 5.55. The minimum atomic E-state index is -0.645. The van der Waals surface area contributed by atoms with Gasteiger partial charge in [0.05, 0.1) is 31.0 Å². The summed E-state index contributed by atoms with van der Waals surface area (Å²) < 4.78 is 15.0. The molecule has 0 saturated carbocycles. The molecule has 7 heteroatoms. The van der Waals surface area contributed by atoms with Crippen LogP contribution in [0.15, 0.2) is 59.0 Å². The van der Waals surface area contributed by atoms with Crippen LogP contribution in [0.25, 0.3) is 17.0 Å². The SMILES string of the molecule is COC(=O)c1ccc(C(=O)OC)c(NC(=O)/C=C/c2cc3ccccc3o2)c1. The third-order valence-electron chi connectivity index (χ3n) is 3.95. The number of carbonyl (C=O) groups is 3. The Labute approximate surface area is 160 Å². The summed E-state index contributed by atoms with van der Waals surface area (Å²) in [5, 5.41) is 3.49. The number of benzene rings is 2. The lowest BCUT2D eigenvalue weighted by molar-refractivity contribution is -0.111. The highest BCUT2D eigenvalue weighted by Gasteiger charge is 2.16. The number of fused-ring (bicyclic) bond motifs is 1. The van der Waals surface area contributed by atoms with Crippen molar-refractivity contribution in [2.75, 3.05) is 19.5 Å². The zero-order chi connectivity index (χ0) is 20.1. The van der Waals surface area contributed by atoms with Gasteiger partial charge in [0, 0.05) is 11.5 Å². The van der Waals surface area contributed by atoms with Gasteiger partial charge in [0.2, 0.25) is 5.91 Å². The van der Waals surface area contributed by atoms with Gasteiger partial charge in [0.1, 0.15) is 11.3 Å². The highest BCUT2D eigenvalue weighted by atomic mass is 16.5. The second kappa shape index (κ2) is 8.22. The van der Waals surface area contributed by atoms with Gasteiger partial charge in [-0.3, -0.25) is 4.79 Å². The van der Waals surface area contributed by atoms with E-state index in [9.17, 15) is 14.4 Å². The second-order valence-corrected chi connectivity index (χ2v) is 5.75. The summed E-state index contributed by atoms with van der Waals surface area (Å²) in [6, 6.07) is 13.4. The molecule has 142 valence electrons. The molecule has 3 aromatic rings. The van der Waals surface area contributed by atoms with E-state index in [1.807, 2.05) is 24.3 Å². The Bertz CT molecular complexity index is 1050. The summed E-state index contributed by atoms with van der Waals surface area (Å²) in [5.41, 5.74) is 1.14. The summed E-state index contributed by atoms with van der Waals surface area (Å²) >= 11 is 0. The first-order valence-corrected chi connectivity index (χ1v) is 8.30. The van der Waals surface area contributed by atoms with Crippen LogP contribution in [0.1, 0.15) is 26.5 Å². The van der Waals surface area contributed by atoms with E-state index in [2.05, 4.69) is 10.1 Å². The van der Waals surface area contributed by atoms with E-state index in [0.717, 1.165) is 5.39 Å². The quantitative estimate of drug-likeness (QED) is 0.537. The normalized spacial score (nSPS) is 10.8. The van der Waals surface area contributed by atoms with Crippen LogP contribution in [0.4, 0.5) is 5.69 Å². The number of esters is 2. The van der Waals surface area contributed by atoms with Crippen LogP contribution in [0.5, 0.6) is 0 Å². The molecule has 28 heavy (non-hydrogen) atoms. The average molecular weight is 379 g/mol. The molecule has 3 rings (SSSR count). The third-order valence-corrected chi connectivity index (χ3v) is 3.95. The van der Waals surface area contributed by atoms with Crippen molar-refractivity contribution in [3.8, 4) is 0 Å². The molecule has 0 aliphatic heterocycles. The van der Waals surface area contributed by atoms with E-state index >= 15 is 0 Å². The molecule has 1 heterocycles. The molecular formula is C21H17NO6. The molecule has 0 unspecified atom stereocenters. The fraction of sp³-hybridized carbons (Fsp3) is 0.0952. The summed E-state index contributed by atoms with van der Waals surface area (Å²) in [6.07, 6.45) is 2.78. The van der Waals surface area contributed by atoms with Crippen molar-refractivity contribution in [3.63, 3.8) is 0 Å². The van der Waals surface area contributed by atoms with E-state index in [0.29, 0.717) is 11.3 Å². The van der Waals surface area contributed by atoms with Crippen molar-refractivity contribution in [2.24, 2.45) is 0 Å². The Morgan fingerprint density at radius 2 is 1.71 bits per heavy atom. The van der Waals surface area contributed by atoms with Gasteiger partial charge in [-0.15, -0.1) is 0 Å². The third kappa shape index (κ3) is 4.09. The van der Waals surface area contributed by atoms with Gasteiger partial charge in [-0.25, -0.2) is 9.59 Å². The average Bonchev–Trinajstić information content (AvgIpc) is 3.14. The van der Waals surface area contributed by atoms with E-state index < -0.39 is 17.8 Å². The van der Waals surface area contributed by atoms with Crippen LogP contribution >= 0.6 is 0 Å². The molecular weight excluding hydrogens is 362 g/mol. The minimum absolute atomic E-state index is 0.112. The van der Waals surface area contributed by atoms with E-state index in [1.54, 1.807) is 6.07 Å². The van der Waals surface area contributed by atoms with E-state index in [1.165, 1.54) is 44.6 Å². The van der Waals surface area contributed by atoms with Crippen molar-refractivity contribution in [1.82, 2.24) is 0 Å². The number of ether oxygens (including phenoxy) is 2. The van der Waals surface area contributed by atoms with Crippen LogP contribution < -0.4 is 5.32 Å². The standard InChI is InChI=1S/C21H17NO6/c1-26-20(24)14-7-9-16(21(25)27-2)17(12-14)22-19(23)10-8-15-11-13-5-3-4-6-18(13)28-15/h3-12H,1-2H3,(H,22,23)/b10-8+. The van der Waals surface area contributed by atoms with Crippen LogP contribution in [-0.4, -0.2) is 32.1 Å². The molecule has 1 amide bonds. The Morgan fingerprint density at radius 3 is 2.43 bits per heavy atom. The fourth-order valence-electron chi connectivity index (χ4n) is 2.60. The number of hydrogen-bond acceptors (Lipinski definition) is 6. The maximum atomic E-state index is 12.3. The molecule has 1 N–H and O–H groups in total. The summed E-state index contributed by atoms with van der Waals surface area (Å²) in [7, 11) is 2.47. The predicted octanol–water partition coefficient (Wildman–Crippen LogP) is 3.66. The molecule has 0 saturated heterocycles. The largest absolute Gasteiger partial charge is 0.465 e. The van der Waals surface area contributed by atoms with Crippen LogP contribution in [0, 0.1) is 0 Å². The van der Waals surface area contributed by atoms with Crippen molar-refractivity contribution in [3.05, 3.63) is 71.5 Å². The number of rotatable bonds is 5. The molecule has 7 nitrogen and oxygen atoms in total. The van der Waals surface area contributed by atoms with Gasteiger partial charge in [0.25, 0.3) is 0 Å². The number of carbonyl (C=O) groups excluding carboxylic acids is 3. The highest BCUT2D eigenvalue weighted by molar-refractivity contribution is 6.07. The Morgan fingerprint density at radius 1 is 0.964 bits per heavy atom. The zero-order valence-corrected chi connectivity index (χ0v) is 15.2.